The molecule has 7 heteroatoms. The molecule has 0 aliphatic carbocycles. The molecule has 0 saturated carbocycles. The second kappa shape index (κ2) is 10.3. The Bertz CT molecular complexity index is 928. The average molecular weight is 429 g/mol. The van der Waals surface area contributed by atoms with E-state index in [0.29, 0.717) is 15.9 Å². The maximum Gasteiger partial charge on any atom is 0.173 e. The molecule has 29 heavy (non-hydrogen) atoms. The highest BCUT2D eigenvalue weighted by atomic mass is 35.5. The maximum atomic E-state index is 6.13. The zero-order chi connectivity index (χ0) is 20.6. The minimum absolute atomic E-state index is 0.570. The van der Waals surface area contributed by atoms with Gasteiger partial charge >= 0.3 is 0 Å². The van der Waals surface area contributed by atoms with E-state index < -0.39 is 0 Å². The molecule has 1 aromatic heterocycles. The van der Waals surface area contributed by atoms with Gasteiger partial charge in [0, 0.05) is 43.8 Å². The molecule has 1 N–H and O–H groups in total. The van der Waals surface area contributed by atoms with Gasteiger partial charge in [-0.2, -0.15) is 0 Å². The Hall–Kier alpha value is -2.57. The van der Waals surface area contributed by atoms with E-state index in [9.17, 15) is 0 Å². The van der Waals surface area contributed by atoms with Gasteiger partial charge in [-0.05, 0) is 43.3 Å². The average Bonchev–Trinajstić information content (AvgIpc) is 3.23. The predicted octanol–water partition coefficient (Wildman–Crippen LogP) is 5.14. The molecular formula is C22H25ClN4OS. The van der Waals surface area contributed by atoms with Gasteiger partial charge in [0.25, 0.3) is 0 Å². The fourth-order valence-corrected chi connectivity index (χ4v) is 3.44. The predicted molar refractivity (Wildman–Crippen MR) is 123 cm³/mol. The topological polar surface area (TPSA) is 42.3 Å². The molecule has 0 amide bonds. The summed E-state index contributed by atoms with van der Waals surface area (Å²) in [5.41, 5.74) is 3.31. The van der Waals surface area contributed by atoms with Gasteiger partial charge in [0.1, 0.15) is 5.75 Å². The van der Waals surface area contributed by atoms with Crippen LogP contribution in [0.1, 0.15) is 17.5 Å². The van der Waals surface area contributed by atoms with Crippen LogP contribution in [0.3, 0.4) is 0 Å². The van der Waals surface area contributed by atoms with Crippen molar-refractivity contribution in [1.29, 1.82) is 0 Å². The number of ether oxygens (including phenoxy) is 1. The van der Waals surface area contributed by atoms with Crippen LogP contribution < -0.4 is 10.1 Å². The Kier molecular flexibility index (Phi) is 7.49. The summed E-state index contributed by atoms with van der Waals surface area (Å²) in [7, 11) is 1.60. The number of benzene rings is 2. The minimum Gasteiger partial charge on any atom is -0.495 e. The van der Waals surface area contributed by atoms with Crippen LogP contribution in [0.25, 0.3) is 0 Å². The third-order valence-electron chi connectivity index (χ3n) is 4.59. The normalized spacial score (nSPS) is 10.6. The monoisotopic (exact) mass is 428 g/mol. The van der Waals surface area contributed by atoms with Crippen molar-refractivity contribution < 1.29 is 4.74 Å². The van der Waals surface area contributed by atoms with E-state index in [-0.39, 0.29) is 0 Å². The summed E-state index contributed by atoms with van der Waals surface area (Å²) in [6.45, 7) is 4.54. The number of halogens is 1. The second-order valence-electron chi connectivity index (χ2n) is 6.84. The molecule has 0 atom stereocenters. The van der Waals surface area contributed by atoms with Gasteiger partial charge in [0.05, 0.1) is 18.5 Å². The standard InChI is InChI=1S/C22H25ClN4OS/c1-17-4-6-18(7-5-17)15-27(12-3-11-26-13-10-24-16-26)22(29)25-19-8-9-20(23)21(14-19)28-2/h4-10,13-14,16H,3,11-12,15H2,1-2H3,(H,25,29). The van der Waals surface area contributed by atoms with Crippen LogP contribution in [0, 0.1) is 6.92 Å². The summed E-state index contributed by atoms with van der Waals surface area (Å²) in [6.07, 6.45) is 6.56. The molecule has 0 spiro atoms. The largest absolute Gasteiger partial charge is 0.495 e. The van der Waals surface area contributed by atoms with Crippen molar-refractivity contribution in [3.63, 3.8) is 0 Å². The molecule has 0 bridgehead atoms. The lowest BCUT2D eigenvalue weighted by atomic mass is 10.1. The Morgan fingerprint density at radius 2 is 2.03 bits per heavy atom. The molecule has 152 valence electrons. The molecule has 5 nitrogen and oxygen atoms in total. The lowest BCUT2D eigenvalue weighted by Gasteiger charge is -2.26. The number of nitrogens with one attached hydrogen (secondary N) is 1. The molecule has 0 aliphatic heterocycles. The Morgan fingerprint density at radius 1 is 1.24 bits per heavy atom. The number of anilines is 1. The molecule has 3 rings (SSSR count). The van der Waals surface area contributed by atoms with Crippen molar-refractivity contribution in [1.82, 2.24) is 14.5 Å². The van der Waals surface area contributed by atoms with E-state index >= 15 is 0 Å². The number of nitrogens with zero attached hydrogens (tertiary/aromatic N) is 3. The Morgan fingerprint density at radius 3 is 2.72 bits per heavy atom. The van der Waals surface area contributed by atoms with E-state index in [0.717, 1.165) is 31.7 Å². The van der Waals surface area contributed by atoms with Gasteiger partial charge in [0.15, 0.2) is 5.11 Å². The summed E-state index contributed by atoms with van der Waals surface area (Å²) < 4.78 is 7.38. The third-order valence-corrected chi connectivity index (χ3v) is 5.26. The zero-order valence-corrected chi connectivity index (χ0v) is 18.2. The first kappa shape index (κ1) is 21.1. The van der Waals surface area contributed by atoms with E-state index in [1.165, 1.54) is 11.1 Å². The fraction of sp³-hybridized carbons (Fsp3) is 0.273. The van der Waals surface area contributed by atoms with Crippen LogP contribution in [-0.2, 0) is 13.1 Å². The number of methoxy groups -OCH3 is 1. The highest BCUT2D eigenvalue weighted by Crippen LogP contribution is 2.27. The molecule has 0 unspecified atom stereocenters. The third kappa shape index (κ3) is 6.21. The molecule has 2 aromatic carbocycles. The number of hydrogen-bond donors (Lipinski definition) is 1. The van der Waals surface area contributed by atoms with Gasteiger partial charge in [0.2, 0.25) is 0 Å². The van der Waals surface area contributed by atoms with Gasteiger partial charge in [-0.15, -0.1) is 0 Å². The first-order chi connectivity index (χ1) is 14.0. The molecule has 0 fully saturated rings. The second-order valence-corrected chi connectivity index (χ2v) is 7.63. The van der Waals surface area contributed by atoms with Crippen molar-refractivity contribution >= 4 is 34.6 Å². The number of thiocarbonyl (C=S) groups is 1. The highest BCUT2D eigenvalue weighted by molar-refractivity contribution is 7.80. The van der Waals surface area contributed by atoms with Crippen LogP contribution in [-0.4, -0.2) is 33.2 Å². The van der Waals surface area contributed by atoms with E-state index in [2.05, 4.69) is 51.0 Å². The van der Waals surface area contributed by atoms with Crippen molar-refractivity contribution in [2.75, 3.05) is 19.0 Å². The van der Waals surface area contributed by atoms with Crippen LogP contribution in [0.4, 0.5) is 5.69 Å². The maximum absolute atomic E-state index is 6.13. The summed E-state index contributed by atoms with van der Waals surface area (Å²) in [5.74, 6) is 0.615. The molecule has 0 aliphatic rings. The number of imidazole rings is 1. The zero-order valence-electron chi connectivity index (χ0n) is 16.6. The van der Waals surface area contributed by atoms with Crippen molar-refractivity contribution in [2.24, 2.45) is 0 Å². The smallest absolute Gasteiger partial charge is 0.173 e. The van der Waals surface area contributed by atoms with E-state index in [1.54, 1.807) is 19.4 Å². The number of hydrogen-bond acceptors (Lipinski definition) is 3. The van der Waals surface area contributed by atoms with Crippen LogP contribution >= 0.6 is 23.8 Å². The SMILES string of the molecule is COc1cc(NC(=S)N(CCCn2ccnc2)Cc2ccc(C)cc2)ccc1Cl. The number of aromatic nitrogens is 2. The quantitative estimate of drug-likeness (QED) is 0.503. The lowest BCUT2D eigenvalue weighted by Crippen LogP contribution is -2.35. The van der Waals surface area contributed by atoms with Gasteiger partial charge in [-0.3, -0.25) is 0 Å². The fourth-order valence-electron chi connectivity index (χ4n) is 2.97. The molecule has 0 radical (unpaired) electrons. The minimum atomic E-state index is 0.570. The first-order valence-electron chi connectivity index (χ1n) is 9.46. The van der Waals surface area contributed by atoms with Crippen LogP contribution in [0.15, 0.2) is 61.2 Å². The summed E-state index contributed by atoms with van der Waals surface area (Å²) >= 11 is 11.9. The summed E-state index contributed by atoms with van der Waals surface area (Å²) in [5, 5.41) is 4.56. The van der Waals surface area contributed by atoms with Gasteiger partial charge in [-0.25, -0.2) is 4.98 Å². The number of aryl methyl sites for hydroxylation is 2. The lowest BCUT2D eigenvalue weighted by molar-refractivity contribution is 0.396. The van der Waals surface area contributed by atoms with E-state index in [4.69, 9.17) is 28.6 Å². The van der Waals surface area contributed by atoms with Gasteiger partial charge < -0.3 is 19.5 Å². The van der Waals surface area contributed by atoms with Gasteiger partial charge in [-0.1, -0.05) is 41.4 Å². The van der Waals surface area contributed by atoms with Crippen molar-refractivity contribution in [2.45, 2.75) is 26.4 Å². The Labute approximate surface area is 182 Å². The summed E-state index contributed by atoms with van der Waals surface area (Å²) in [6, 6.07) is 14.1. The van der Waals surface area contributed by atoms with Crippen LogP contribution in [0.2, 0.25) is 5.02 Å². The number of rotatable bonds is 8. The Balaban J connectivity index is 1.69. The van der Waals surface area contributed by atoms with Crippen LogP contribution in [0.5, 0.6) is 5.75 Å². The summed E-state index contributed by atoms with van der Waals surface area (Å²) in [4.78, 5) is 6.28. The van der Waals surface area contributed by atoms with Crippen molar-refractivity contribution in [3.8, 4) is 5.75 Å². The molecule has 1 heterocycles. The highest BCUT2D eigenvalue weighted by Gasteiger charge is 2.12. The molecule has 0 saturated heterocycles. The molecule has 3 aromatic rings. The van der Waals surface area contributed by atoms with Crippen molar-refractivity contribution in [3.05, 3.63) is 77.3 Å². The first-order valence-corrected chi connectivity index (χ1v) is 10.2. The van der Waals surface area contributed by atoms with E-state index in [1.807, 2.05) is 24.7 Å². The molecular weight excluding hydrogens is 404 g/mol.